The second kappa shape index (κ2) is 7.90. The first-order valence-corrected chi connectivity index (χ1v) is 7.15. The first-order chi connectivity index (χ1) is 9.40. The molecule has 0 saturated carbocycles. The van der Waals surface area contributed by atoms with Crippen LogP contribution in [0.15, 0.2) is 30.3 Å². The molecule has 0 aliphatic rings. The van der Waals surface area contributed by atoms with E-state index in [1.807, 2.05) is 45.9 Å². The molecule has 20 heavy (non-hydrogen) atoms. The van der Waals surface area contributed by atoms with Gasteiger partial charge in [0.25, 0.3) is 0 Å². The van der Waals surface area contributed by atoms with E-state index < -0.39 is 5.60 Å². The average molecular weight is 278 g/mol. The molecule has 0 aliphatic heterocycles. The van der Waals surface area contributed by atoms with Crippen LogP contribution in [-0.4, -0.2) is 24.3 Å². The van der Waals surface area contributed by atoms with Crippen LogP contribution in [0.5, 0.6) is 0 Å². The van der Waals surface area contributed by atoms with E-state index in [0.717, 1.165) is 19.5 Å². The Morgan fingerprint density at radius 2 is 1.90 bits per heavy atom. The van der Waals surface area contributed by atoms with Crippen molar-refractivity contribution < 1.29 is 9.53 Å². The molecule has 0 aromatic heterocycles. The minimum absolute atomic E-state index is 0.0774. The lowest BCUT2D eigenvalue weighted by molar-refractivity contribution is 0.0502. The number of hydrogen-bond donors (Lipinski definition) is 2. The first-order valence-electron chi connectivity index (χ1n) is 7.15. The molecule has 0 bridgehead atoms. The van der Waals surface area contributed by atoms with Crippen molar-refractivity contribution in [1.29, 1.82) is 0 Å². The van der Waals surface area contributed by atoms with E-state index in [1.165, 1.54) is 5.56 Å². The molecule has 0 radical (unpaired) electrons. The number of hydrogen-bond acceptors (Lipinski definition) is 3. The summed E-state index contributed by atoms with van der Waals surface area (Å²) < 4.78 is 5.26. The summed E-state index contributed by atoms with van der Waals surface area (Å²) in [7, 11) is 0. The number of carbonyl (C=O) groups is 1. The van der Waals surface area contributed by atoms with Gasteiger partial charge in [-0.1, -0.05) is 37.3 Å². The molecule has 1 atom stereocenters. The van der Waals surface area contributed by atoms with Crippen molar-refractivity contribution in [2.24, 2.45) is 0 Å². The van der Waals surface area contributed by atoms with Crippen LogP contribution in [0.3, 0.4) is 0 Å². The molecule has 4 nitrogen and oxygen atoms in total. The standard InChI is InChI=1S/C16H26N2O2/c1-5-14(18-15(19)20-16(2,3)4)12-17-11-13-9-7-6-8-10-13/h6-10,14,17H,5,11-12H2,1-4H3,(H,18,19). The van der Waals surface area contributed by atoms with Crippen LogP contribution in [0.25, 0.3) is 0 Å². The van der Waals surface area contributed by atoms with Crippen LogP contribution in [0.1, 0.15) is 39.7 Å². The van der Waals surface area contributed by atoms with Gasteiger partial charge in [-0.05, 0) is 32.8 Å². The zero-order chi connectivity index (χ0) is 15.0. The highest BCUT2D eigenvalue weighted by Crippen LogP contribution is 2.07. The predicted molar refractivity (Wildman–Crippen MR) is 81.6 cm³/mol. The van der Waals surface area contributed by atoms with Crippen molar-refractivity contribution in [2.75, 3.05) is 6.54 Å². The van der Waals surface area contributed by atoms with E-state index in [2.05, 4.69) is 22.8 Å². The van der Waals surface area contributed by atoms with Crippen molar-refractivity contribution in [3.63, 3.8) is 0 Å². The van der Waals surface area contributed by atoms with Gasteiger partial charge in [-0.3, -0.25) is 0 Å². The fraction of sp³-hybridized carbons (Fsp3) is 0.562. The average Bonchev–Trinajstić information content (AvgIpc) is 2.36. The molecule has 0 fully saturated rings. The van der Waals surface area contributed by atoms with E-state index in [4.69, 9.17) is 4.74 Å². The van der Waals surface area contributed by atoms with Gasteiger partial charge in [0.1, 0.15) is 5.60 Å². The third-order valence-corrected chi connectivity index (χ3v) is 2.78. The van der Waals surface area contributed by atoms with E-state index in [-0.39, 0.29) is 12.1 Å². The van der Waals surface area contributed by atoms with Gasteiger partial charge in [-0.2, -0.15) is 0 Å². The Hall–Kier alpha value is -1.55. The summed E-state index contributed by atoms with van der Waals surface area (Å²) in [6.45, 7) is 9.16. The van der Waals surface area contributed by atoms with Crippen LogP contribution in [-0.2, 0) is 11.3 Å². The Bertz CT molecular complexity index is 399. The molecule has 4 heteroatoms. The fourth-order valence-corrected chi connectivity index (χ4v) is 1.76. The van der Waals surface area contributed by atoms with Crippen molar-refractivity contribution in [1.82, 2.24) is 10.6 Å². The third-order valence-electron chi connectivity index (χ3n) is 2.78. The molecule has 1 aromatic carbocycles. The smallest absolute Gasteiger partial charge is 0.407 e. The Morgan fingerprint density at radius 3 is 2.45 bits per heavy atom. The Labute approximate surface area is 121 Å². The Morgan fingerprint density at radius 1 is 1.25 bits per heavy atom. The van der Waals surface area contributed by atoms with Gasteiger partial charge in [-0.25, -0.2) is 4.79 Å². The van der Waals surface area contributed by atoms with Crippen molar-refractivity contribution >= 4 is 6.09 Å². The van der Waals surface area contributed by atoms with E-state index in [9.17, 15) is 4.79 Å². The molecular formula is C16H26N2O2. The molecular weight excluding hydrogens is 252 g/mol. The van der Waals surface area contributed by atoms with E-state index in [1.54, 1.807) is 0 Å². The van der Waals surface area contributed by atoms with Crippen LogP contribution in [0.4, 0.5) is 4.79 Å². The van der Waals surface area contributed by atoms with Crippen LogP contribution in [0, 0.1) is 0 Å². The SMILES string of the molecule is CCC(CNCc1ccccc1)NC(=O)OC(C)(C)C. The van der Waals surface area contributed by atoms with Gasteiger partial charge >= 0.3 is 6.09 Å². The summed E-state index contributed by atoms with van der Waals surface area (Å²) in [5.74, 6) is 0. The number of nitrogens with one attached hydrogen (secondary N) is 2. The minimum atomic E-state index is -0.458. The molecule has 1 unspecified atom stereocenters. The number of benzene rings is 1. The number of carbonyl (C=O) groups excluding carboxylic acids is 1. The molecule has 0 aliphatic carbocycles. The van der Waals surface area contributed by atoms with E-state index >= 15 is 0 Å². The lowest BCUT2D eigenvalue weighted by Crippen LogP contribution is -2.43. The number of ether oxygens (including phenoxy) is 1. The van der Waals surface area contributed by atoms with Gasteiger partial charge in [0.2, 0.25) is 0 Å². The van der Waals surface area contributed by atoms with Gasteiger partial charge in [0.05, 0.1) is 0 Å². The minimum Gasteiger partial charge on any atom is -0.444 e. The molecule has 112 valence electrons. The highest BCUT2D eigenvalue weighted by molar-refractivity contribution is 5.68. The van der Waals surface area contributed by atoms with Gasteiger partial charge in [-0.15, -0.1) is 0 Å². The number of alkyl carbamates (subject to hydrolysis) is 1. The molecule has 1 amide bonds. The second-order valence-corrected chi connectivity index (χ2v) is 5.87. The number of rotatable bonds is 6. The lowest BCUT2D eigenvalue weighted by atomic mass is 10.2. The Kier molecular flexibility index (Phi) is 6.52. The second-order valence-electron chi connectivity index (χ2n) is 5.87. The topological polar surface area (TPSA) is 50.4 Å². The normalized spacial score (nSPS) is 12.8. The third kappa shape index (κ3) is 7.14. The molecule has 1 aromatic rings. The maximum Gasteiger partial charge on any atom is 0.407 e. The maximum absolute atomic E-state index is 11.7. The van der Waals surface area contributed by atoms with Gasteiger partial charge in [0, 0.05) is 19.1 Å². The monoisotopic (exact) mass is 278 g/mol. The van der Waals surface area contributed by atoms with E-state index in [0.29, 0.717) is 0 Å². The fourth-order valence-electron chi connectivity index (χ4n) is 1.76. The predicted octanol–water partition coefficient (Wildman–Crippen LogP) is 3.08. The molecule has 0 spiro atoms. The maximum atomic E-state index is 11.7. The summed E-state index contributed by atoms with van der Waals surface area (Å²) in [5, 5.41) is 6.24. The highest BCUT2D eigenvalue weighted by atomic mass is 16.6. The summed E-state index contributed by atoms with van der Waals surface area (Å²) in [6.07, 6.45) is 0.506. The van der Waals surface area contributed by atoms with Crippen LogP contribution < -0.4 is 10.6 Å². The molecule has 0 heterocycles. The summed E-state index contributed by atoms with van der Waals surface area (Å²) in [5.41, 5.74) is 0.777. The van der Waals surface area contributed by atoms with Gasteiger partial charge in [0.15, 0.2) is 0 Å². The zero-order valence-electron chi connectivity index (χ0n) is 12.9. The van der Waals surface area contributed by atoms with Gasteiger partial charge < -0.3 is 15.4 Å². The zero-order valence-corrected chi connectivity index (χ0v) is 12.9. The Balaban J connectivity index is 2.31. The van der Waals surface area contributed by atoms with Crippen molar-refractivity contribution in [3.05, 3.63) is 35.9 Å². The quantitative estimate of drug-likeness (QED) is 0.840. The summed E-state index contributed by atoms with van der Waals surface area (Å²) >= 11 is 0. The van der Waals surface area contributed by atoms with Crippen molar-refractivity contribution in [3.8, 4) is 0 Å². The highest BCUT2D eigenvalue weighted by Gasteiger charge is 2.18. The lowest BCUT2D eigenvalue weighted by Gasteiger charge is -2.23. The number of amides is 1. The summed E-state index contributed by atoms with van der Waals surface area (Å²) in [6, 6.07) is 10.3. The molecule has 2 N–H and O–H groups in total. The molecule has 0 saturated heterocycles. The summed E-state index contributed by atoms with van der Waals surface area (Å²) in [4.78, 5) is 11.7. The largest absolute Gasteiger partial charge is 0.444 e. The molecule has 1 rings (SSSR count). The van der Waals surface area contributed by atoms with Crippen LogP contribution in [0.2, 0.25) is 0 Å². The van der Waals surface area contributed by atoms with Crippen LogP contribution >= 0.6 is 0 Å². The van der Waals surface area contributed by atoms with Crippen molar-refractivity contribution in [2.45, 2.75) is 52.3 Å². The first kappa shape index (κ1) is 16.5.